The van der Waals surface area contributed by atoms with Gasteiger partial charge in [0.1, 0.15) is 0 Å². The van der Waals surface area contributed by atoms with Gasteiger partial charge in [-0.15, -0.1) is 0 Å². The van der Waals surface area contributed by atoms with Crippen LogP contribution in [0.3, 0.4) is 0 Å². The fourth-order valence-corrected chi connectivity index (χ4v) is 3.82. The minimum atomic E-state index is -0.0745. The van der Waals surface area contributed by atoms with Gasteiger partial charge in [-0.2, -0.15) is 0 Å². The molecule has 7 heteroatoms. The molecule has 1 N–H and O–H groups in total. The van der Waals surface area contributed by atoms with Gasteiger partial charge in [-0.25, -0.2) is 4.98 Å². The number of fused-ring (bicyclic) bond motifs is 1. The summed E-state index contributed by atoms with van der Waals surface area (Å²) in [5, 5.41) is 4.16. The molecular formula is C20H27N3O3S. The van der Waals surface area contributed by atoms with E-state index in [0.717, 1.165) is 19.4 Å². The molecule has 27 heavy (non-hydrogen) atoms. The Hall–Kier alpha value is -1.86. The highest BCUT2D eigenvalue weighted by Crippen LogP contribution is 2.21. The third kappa shape index (κ3) is 4.90. The molecule has 0 saturated carbocycles. The molecule has 1 aliphatic heterocycles. The number of nitrogens with zero attached hydrogens (tertiary/aromatic N) is 2. The third-order valence-electron chi connectivity index (χ3n) is 4.96. The van der Waals surface area contributed by atoms with E-state index in [4.69, 9.17) is 4.74 Å². The van der Waals surface area contributed by atoms with Gasteiger partial charge in [0, 0.05) is 12.6 Å². The second-order valence-electron chi connectivity index (χ2n) is 7.35. The lowest BCUT2D eigenvalue weighted by atomic mass is 10.1. The maximum atomic E-state index is 13.0. The number of hydrogen-bond acceptors (Lipinski definition) is 5. The molecule has 1 amide bonds. The van der Waals surface area contributed by atoms with Crippen molar-refractivity contribution in [3.8, 4) is 0 Å². The van der Waals surface area contributed by atoms with Gasteiger partial charge in [0.2, 0.25) is 5.91 Å². The van der Waals surface area contributed by atoms with E-state index in [0.29, 0.717) is 28.5 Å². The lowest BCUT2D eigenvalue weighted by molar-refractivity contribution is -0.119. The first kappa shape index (κ1) is 19.9. The van der Waals surface area contributed by atoms with Gasteiger partial charge < -0.3 is 10.1 Å². The number of hydrogen-bond donors (Lipinski definition) is 1. The first-order valence-corrected chi connectivity index (χ1v) is 10.5. The number of amides is 1. The van der Waals surface area contributed by atoms with E-state index in [1.54, 1.807) is 10.6 Å². The van der Waals surface area contributed by atoms with Gasteiger partial charge in [-0.05, 0) is 37.8 Å². The van der Waals surface area contributed by atoms with Crippen molar-refractivity contribution in [1.82, 2.24) is 14.9 Å². The summed E-state index contributed by atoms with van der Waals surface area (Å²) < 4.78 is 7.38. The average Bonchev–Trinajstić information content (AvgIpc) is 3.15. The molecule has 3 rings (SSSR count). The van der Waals surface area contributed by atoms with Crippen molar-refractivity contribution < 1.29 is 9.53 Å². The maximum Gasteiger partial charge on any atom is 0.262 e. The molecule has 2 atom stereocenters. The Labute approximate surface area is 163 Å². The zero-order chi connectivity index (χ0) is 19.4. The quantitative estimate of drug-likeness (QED) is 0.582. The first-order chi connectivity index (χ1) is 13.0. The standard InChI is InChI=1S/C20H27N3O3S/c1-13(2)14(3)21-18(24)12-27-20-22-17-9-5-4-8-16(17)19(25)23(20)11-15-7-6-10-26-15/h4-5,8-9,13-15H,6-7,10-12H2,1-3H3,(H,21,24)/t14-,15-/m0/s1. The zero-order valence-electron chi connectivity index (χ0n) is 16.1. The molecule has 1 aromatic carbocycles. The number of carbonyl (C=O) groups is 1. The van der Waals surface area contributed by atoms with Crippen molar-refractivity contribution in [2.24, 2.45) is 5.92 Å². The fraction of sp³-hybridized carbons (Fsp3) is 0.550. The van der Waals surface area contributed by atoms with Crippen molar-refractivity contribution in [3.05, 3.63) is 34.6 Å². The van der Waals surface area contributed by atoms with Gasteiger partial charge in [0.05, 0.1) is 29.3 Å². The summed E-state index contributed by atoms with van der Waals surface area (Å²) in [6.45, 7) is 7.35. The lowest BCUT2D eigenvalue weighted by Gasteiger charge is -2.18. The highest BCUT2D eigenvalue weighted by atomic mass is 32.2. The summed E-state index contributed by atoms with van der Waals surface area (Å²) in [6, 6.07) is 7.44. The zero-order valence-corrected chi connectivity index (χ0v) is 16.9. The Balaban J connectivity index is 1.83. The van der Waals surface area contributed by atoms with Crippen LogP contribution < -0.4 is 10.9 Å². The van der Waals surface area contributed by atoms with Crippen LogP contribution >= 0.6 is 11.8 Å². The Morgan fingerprint density at radius 2 is 2.15 bits per heavy atom. The normalized spacial score (nSPS) is 18.1. The minimum Gasteiger partial charge on any atom is -0.376 e. The van der Waals surface area contributed by atoms with Crippen LogP contribution in [0, 0.1) is 5.92 Å². The Kier molecular flexibility index (Phi) is 6.55. The summed E-state index contributed by atoms with van der Waals surface area (Å²) in [7, 11) is 0. The average molecular weight is 390 g/mol. The van der Waals surface area contributed by atoms with E-state index in [1.165, 1.54) is 11.8 Å². The molecule has 1 fully saturated rings. The van der Waals surface area contributed by atoms with Crippen LogP contribution in [0.2, 0.25) is 0 Å². The largest absolute Gasteiger partial charge is 0.376 e. The molecule has 6 nitrogen and oxygen atoms in total. The Morgan fingerprint density at radius 3 is 2.85 bits per heavy atom. The number of nitrogens with one attached hydrogen (secondary N) is 1. The summed E-state index contributed by atoms with van der Waals surface area (Å²) >= 11 is 1.31. The minimum absolute atomic E-state index is 0.0276. The van der Waals surface area contributed by atoms with Gasteiger partial charge in [0.15, 0.2) is 5.16 Å². The molecular weight excluding hydrogens is 362 g/mol. The van der Waals surface area contributed by atoms with E-state index in [9.17, 15) is 9.59 Å². The highest BCUT2D eigenvalue weighted by Gasteiger charge is 2.21. The summed E-state index contributed by atoms with van der Waals surface area (Å²) in [5.74, 6) is 0.551. The monoisotopic (exact) mass is 389 g/mol. The molecule has 0 radical (unpaired) electrons. The van der Waals surface area contributed by atoms with Gasteiger partial charge in [-0.1, -0.05) is 37.7 Å². The molecule has 0 spiro atoms. The molecule has 146 valence electrons. The van der Waals surface area contributed by atoms with Crippen LogP contribution in [-0.2, 0) is 16.1 Å². The van der Waals surface area contributed by atoms with Crippen molar-refractivity contribution in [3.63, 3.8) is 0 Å². The van der Waals surface area contributed by atoms with E-state index < -0.39 is 0 Å². The second kappa shape index (κ2) is 8.89. The molecule has 0 aliphatic carbocycles. The van der Waals surface area contributed by atoms with Crippen LogP contribution in [-0.4, -0.2) is 40.0 Å². The molecule has 0 unspecified atom stereocenters. The predicted molar refractivity (Wildman–Crippen MR) is 108 cm³/mol. The molecule has 1 aromatic heterocycles. The van der Waals surface area contributed by atoms with Crippen molar-refractivity contribution >= 4 is 28.6 Å². The van der Waals surface area contributed by atoms with Crippen LogP contribution in [0.25, 0.3) is 10.9 Å². The van der Waals surface area contributed by atoms with Crippen LogP contribution in [0.1, 0.15) is 33.6 Å². The van der Waals surface area contributed by atoms with Crippen LogP contribution in [0.4, 0.5) is 0 Å². The number of ether oxygens (including phenoxy) is 1. The highest BCUT2D eigenvalue weighted by molar-refractivity contribution is 7.99. The van der Waals surface area contributed by atoms with E-state index >= 15 is 0 Å². The Morgan fingerprint density at radius 1 is 1.37 bits per heavy atom. The van der Waals surface area contributed by atoms with E-state index in [1.807, 2.05) is 25.1 Å². The van der Waals surface area contributed by atoms with Crippen molar-refractivity contribution in [1.29, 1.82) is 0 Å². The maximum absolute atomic E-state index is 13.0. The fourth-order valence-electron chi connectivity index (χ4n) is 3.00. The van der Waals surface area contributed by atoms with Crippen LogP contribution in [0.15, 0.2) is 34.2 Å². The molecule has 1 saturated heterocycles. The van der Waals surface area contributed by atoms with E-state index in [-0.39, 0.29) is 29.4 Å². The first-order valence-electron chi connectivity index (χ1n) is 9.49. The third-order valence-corrected chi connectivity index (χ3v) is 5.93. The summed E-state index contributed by atoms with van der Waals surface area (Å²) in [6.07, 6.45) is 1.98. The number of thioether (sulfide) groups is 1. The van der Waals surface area contributed by atoms with Crippen molar-refractivity contribution in [2.45, 2.75) is 57.5 Å². The predicted octanol–water partition coefficient (Wildman–Crippen LogP) is 2.83. The molecule has 2 aromatic rings. The van der Waals surface area contributed by atoms with Gasteiger partial charge in [-0.3, -0.25) is 14.2 Å². The summed E-state index contributed by atoms with van der Waals surface area (Å²) in [5.41, 5.74) is 0.583. The van der Waals surface area contributed by atoms with Crippen molar-refractivity contribution in [2.75, 3.05) is 12.4 Å². The molecule has 0 bridgehead atoms. The number of benzene rings is 1. The topological polar surface area (TPSA) is 73.2 Å². The lowest BCUT2D eigenvalue weighted by Crippen LogP contribution is -2.37. The SMILES string of the molecule is CC(C)[C@H](C)NC(=O)CSc1nc2ccccc2c(=O)n1C[C@@H]1CCCO1. The van der Waals surface area contributed by atoms with Gasteiger partial charge >= 0.3 is 0 Å². The molecule has 2 heterocycles. The number of para-hydroxylation sites is 1. The van der Waals surface area contributed by atoms with Crippen LogP contribution in [0.5, 0.6) is 0 Å². The number of aromatic nitrogens is 2. The number of carbonyl (C=O) groups excluding carboxylic acids is 1. The van der Waals surface area contributed by atoms with E-state index in [2.05, 4.69) is 24.1 Å². The summed E-state index contributed by atoms with van der Waals surface area (Å²) in [4.78, 5) is 29.9. The molecule has 1 aliphatic rings. The second-order valence-corrected chi connectivity index (χ2v) is 8.29. The Bertz CT molecular complexity index is 859. The smallest absolute Gasteiger partial charge is 0.262 e. The van der Waals surface area contributed by atoms with Gasteiger partial charge in [0.25, 0.3) is 5.56 Å². The number of rotatable bonds is 7.